The van der Waals surface area contributed by atoms with E-state index in [-0.39, 0.29) is 24.5 Å². The van der Waals surface area contributed by atoms with E-state index < -0.39 is 99.9 Å². The minimum absolute atomic E-state index is 0.0901. The van der Waals surface area contributed by atoms with Crippen LogP contribution < -0.4 is 0 Å². The van der Waals surface area contributed by atoms with Crippen LogP contribution >= 0.6 is 0 Å². The summed E-state index contributed by atoms with van der Waals surface area (Å²) >= 11 is 0. The van der Waals surface area contributed by atoms with Crippen molar-refractivity contribution in [2.45, 2.75) is 147 Å². The number of fused-ring (bicyclic) bond motifs is 5. The van der Waals surface area contributed by atoms with Crippen LogP contribution in [0.4, 0.5) is 0 Å². The van der Waals surface area contributed by atoms with Crippen molar-refractivity contribution in [1.82, 2.24) is 4.90 Å². The van der Waals surface area contributed by atoms with Crippen molar-refractivity contribution >= 4 is 17.9 Å². The maximum absolute atomic E-state index is 13.6. The molecule has 0 aromatic heterocycles. The van der Waals surface area contributed by atoms with Gasteiger partial charge < -0.3 is 39.4 Å². The van der Waals surface area contributed by atoms with E-state index in [2.05, 4.69) is 11.8 Å². The lowest BCUT2D eigenvalue weighted by atomic mass is 9.49. The fourth-order valence-electron chi connectivity index (χ4n) is 12.6. The normalized spacial score (nSPS) is 51.8. The topological polar surface area (TPSA) is 172 Å². The number of rotatable bonds is 5. The number of aliphatic hydroxyl groups excluding tert-OH is 1. The number of carbonyl (C=O) groups is 3. The second kappa shape index (κ2) is 12.1. The second-order valence-electron chi connectivity index (χ2n) is 17.5. The van der Waals surface area contributed by atoms with Gasteiger partial charge in [-0.25, -0.2) is 9.59 Å². The molecular weight excluding hydrogens is 658 g/mol. The van der Waals surface area contributed by atoms with Crippen LogP contribution in [-0.4, -0.2) is 109 Å². The predicted molar refractivity (Wildman–Crippen MR) is 182 cm³/mol. The van der Waals surface area contributed by atoms with E-state index in [1.807, 2.05) is 6.92 Å². The van der Waals surface area contributed by atoms with Crippen molar-refractivity contribution in [1.29, 1.82) is 0 Å². The summed E-state index contributed by atoms with van der Waals surface area (Å²) in [5.74, 6) is -7.05. The molecule has 51 heavy (non-hydrogen) atoms. The lowest BCUT2D eigenvalue weighted by Crippen LogP contribution is -2.77. The number of aliphatic hydroxyl groups is 4. The standard InChI is InChI=1S/C39H57NO11/c1-9-20(4)33(43)49-28-13-14-35(7)26-15-25(48-22(6)41)31-37(35,51-39(26,28)47)16-24-23-18-40-17-19(3)11-12-27(40)36(8,45)29(23)30(42)32(38(24,31)46)50-34(44)21(5)10-2/h9-10,19,23-32,42,45-47H,11-18H2,1-8H3. The predicted octanol–water partition coefficient (Wildman–Crippen LogP) is 2.79. The summed E-state index contributed by atoms with van der Waals surface area (Å²) in [6.45, 7) is 15.2. The molecule has 3 aliphatic heterocycles. The van der Waals surface area contributed by atoms with Crippen LogP contribution in [0.2, 0.25) is 0 Å². The van der Waals surface area contributed by atoms with E-state index in [1.54, 1.807) is 46.8 Å². The third-order valence-corrected chi connectivity index (χ3v) is 15.1. The van der Waals surface area contributed by atoms with Gasteiger partial charge in [0.2, 0.25) is 5.79 Å². The molecule has 3 heterocycles. The number of nitrogens with zero attached hydrogens (tertiary/aromatic N) is 1. The number of hydrogen-bond donors (Lipinski definition) is 4. The summed E-state index contributed by atoms with van der Waals surface area (Å²) in [5, 5.41) is 51.3. The van der Waals surface area contributed by atoms with Crippen LogP contribution in [0, 0.1) is 40.9 Å². The van der Waals surface area contributed by atoms with Crippen molar-refractivity contribution in [2.24, 2.45) is 40.9 Å². The molecule has 7 rings (SSSR count). The molecule has 0 aromatic carbocycles. The highest BCUT2D eigenvalue weighted by molar-refractivity contribution is 5.88. The molecule has 0 radical (unpaired) electrons. The monoisotopic (exact) mass is 715 g/mol. The first-order valence-corrected chi connectivity index (χ1v) is 19.0. The molecule has 284 valence electrons. The average Bonchev–Trinajstić information content (AvgIpc) is 3.33. The van der Waals surface area contributed by atoms with Crippen molar-refractivity contribution in [3.8, 4) is 0 Å². The smallest absolute Gasteiger partial charge is 0.333 e. The minimum atomic E-state index is -2.00. The fourth-order valence-corrected chi connectivity index (χ4v) is 12.6. The first kappa shape index (κ1) is 37.0. The zero-order valence-electron chi connectivity index (χ0n) is 31.3. The van der Waals surface area contributed by atoms with Gasteiger partial charge in [0, 0.05) is 54.5 Å². The van der Waals surface area contributed by atoms with Gasteiger partial charge in [-0.1, -0.05) is 26.0 Å². The Labute approximate surface area is 300 Å². The van der Waals surface area contributed by atoms with Crippen molar-refractivity contribution in [3.05, 3.63) is 23.3 Å². The van der Waals surface area contributed by atoms with Crippen LogP contribution in [0.3, 0.4) is 0 Å². The Bertz CT molecular complexity index is 1540. The van der Waals surface area contributed by atoms with Gasteiger partial charge in [-0.15, -0.1) is 0 Å². The lowest BCUT2D eigenvalue weighted by molar-refractivity contribution is -0.299. The SMILES string of the molecule is CC=C(C)C(=O)OC1CCC2(C)C3CC(OC(C)=O)C4C5(O)C(CC42OC13O)C1CN2CC(C)CCC2C(C)(O)C1C(O)C5OC(=O)C(C)=CC. The van der Waals surface area contributed by atoms with Crippen LogP contribution in [0.25, 0.3) is 0 Å². The maximum Gasteiger partial charge on any atom is 0.333 e. The van der Waals surface area contributed by atoms with E-state index in [9.17, 15) is 34.8 Å². The fraction of sp³-hybridized carbons (Fsp3) is 0.821. The highest BCUT2D eigenvalue weighted by Crippen LogP contribution is 2.77. The highest BCUT2D eigenvalue weighted by Gasteiger charge is 2.87. The summed E-state index contributed by atoms with van der Waals surface area (Å²) in [6, 6.07) is -0.235. The molecule has 0 amide bonds. The molecule has 12 nitrogen and oxygen atoms in total. The van der Waals surface area contributed by atoms with E-state index in [0.717, 1.165) is 19.4 Å². The molecule has 7 fully saturated rings. The summed E-state index contributed by atoms with van der Waals surface area (Å²) in [6.07, 6.45) is 0.956. The van der Waals surface area contributed by atoms with Crippen molar-refractivity contribution in [2.75, 3.05) is 13.1 Å². The minimum Gasteiger partial charge on any atom is -0.462 e. The van der Waals surface area contributed by atoms with Crippen molar-refractivity contribution in [3.63, 3.8) is 0 Å². The summed E-state index contributed by atoms with van der Waals surface area (Å²) in [4.78, 5) is 41.8. The number of hydrogen-bond acceptors (Lipinski definition) is 12. The second-order valence-corrected chi connectivity index (χ2v) is 17.5. The molecule has 0 aromatic rings. The van der Waals surface area contributed by atoms with E-state index in [4.69, 9.17) is 18.9 Å². The number of allylic oxidation sites excluding steroid dienone is 2. The Balaban J connectivity index is 1.40. The number of esters is 3. The molecule has 4 aliphatic carbocycles. The molecule has 12 heteroatoms. The Morgan fingerprint density at radius 2 is 1.55 bits per heavy atom. The third kappa shape index (κ3) is 4.88. The molecule has 3 saturated heterocycles. The molecule has 4 N–H and O–H groups in total. The molecule has 4 bridgehead atoms. The van der Waals surface area contributed by atoms with Crippen molar-refractivity contribution < 1.29 is 53.8 Å². The first-order valence-electron chi connectivity index (χ1n) is 19.0. The van der Waals surface area contributed by atoms with Gasteiger partial charge in [0.1, 0.15) is 11.7 Å². The molecule has 1 spiro atoms. The Morgan fingerprint density at radius 3 is 2.18 bits per heavy atom. The summed E-state index contributed by atoms with van der Waals surface area (Å²) in [5.41, 5.74) is -4.85. The third-order valence-electron chi connectivity index (χ3n) is 15.1. The van der Waals surface area contributed by atoms with E-state index in [1.165, 1.54) is 6.92 Å². The van der Waals surface area contributed by atoms with Crippen LogP contribution in [-0.2, 0) is 33.3 Å². The summed E-state index contributed by atoms with van der Waals surface area (Å²) < 4.78 is 25.2. The molecule has 7 aliphatic rings. The number of ether oxygens (including phenoxy) is 4. The van der Waals surface area contributed by atoms with Gasteiger partial charge in [-0.2, -0.15) is 0 Å². The first-order chi connectivity index (χ1) is 23.8. The van der Waals surface area contributed by atoms with Gasteiger partial charge in [0.25, 0.3) is 0 Å². The molecule has 4 saturated carbocycles. The Morgan fingerprint density at radius 1 is 0.902 bits per heavy atom. The van der Waals surface area contributed by atoms with E-state index in [0.29, 0.717) is 30.9 Å². The zero-order chi connectivity index (χ0) is 37.2. The van der Waals surface area contributed by atoms with E-state index >= 15 is 0 Å². The largest absolute Gasteiger partial charge is 0.462 e. The number of piperidine rings is 2. The molecule has 16 unspecified atom stereocenters. The Kier molecular flexibility index (Phi) is 8.76. The van der Waals surface area contributed by atoms with Crippen LogP contribution in [0.5, 0.6) is 0 Å². The number of carbonyl (C=O) groups excluding carboxylic acids is 3. The van der Waals surface area contributed by atoms with Gasteiger partial charge in [0.15, 0.2) is 12.2 Å². The van der Waals surface area contributed by atoms with Crippen LogP contribution in [0.15, 0.2) is 23.3 Å². The zero-order valence-corrected chi connectivity index (χ0v) is 31.3. The molecule has 16 atom stereocenters. The summed E-state index contributed by atoms with van der Waals surface area (Å²) in [7, 11) is 0. The van der Waals surface area contributed by atoms with Gasteiger partial charge >= 0.3 is 17.9 Å². The lowest BCUT2D eigenvalue weighted by Gasteiger charge is -2.64. The van der Waals surface area contributed by atoms with Gasteiger partial charge in [-0.05, 0) is 90.9 Å². The highest BCUT2D eigenvalue weighted by atomic mass is 16.7. The van der Waals surface area contributed by atoms with Gasteiger partial charge in [0.05, 0.1) is 23.2 Å². The Hall–Kier alpha value is -2.35. The quantitative estimate of drug-likeness (QED) is 0.187. The molecular formula is C39H57NO11. The van der Waals surface area contributed by atoms with Crippen LogP contribution in [0.1, 0.15) is 93.9 Å². The average molecular weight is 716 g/mol. The maximum atomic E-state index is 13.6. The van der Waals surface area contributed by atoms with Gasteiger partial charge in [-0.3, -0.25) is 9.69 Å².